The van der Waals surface area contributed by atoms with Crippen molar-refractivity contribution in [3.05, 3.63) is 27.3 Å². The van der Waals surface area contributed by atoms with Crippen LogP contribution in [0.15, 0.2) is 18.2 Å². The van der Waals surface area contributed by atoms with Gasteiger partial charge in [0.05, 0.1) is 9.32 Å². The van der Waals surface area contributed by atoms with E-state index in [1.165, 1.54) is 19.1 Å². The third-order valence-corrected chi connectivity index (χ3v) is 3.70. The number of halogens is 1. The Morgan fingerprint density at radius 2 is 2.05 bits per heavy atom. The van der Waals surface area contributed by atoms with Crippen molar-refractivity contribution < 1.29 is 27.3 Å². The number of nitrogens with one attached hydrogen (secondary N) is 1. The minimum absolute atomic E-state index is 0.216. The number of amides is 1. The summed E-state index contributed by atoms with van der Waals surface area (Å²) in [5.74, 6) is -1.36. The van der Waals surface area contributed by atoms with Crippen molar-refractivity contribution in [2.24, 2.45) is 0 Å². The highest BCUT2D eigenvalue weighted by molar-refractivity contribution is 14.1. The van der Waals surface area contributed by atoms with Crippen molar-refractivity contribution in [1.82, 2.24) is 5.32 Å². The van der Waals surface area contributed by atoms with Gasteiger partial charge in [-0.25, -0.2) is 0 Å². The van der Waals surface area contributed by atoms with E-state index in [-0.39, 0.29) is 17.9 Å². The van der Waals surface area contributed by atoms with Crippen molar-refractivity contribution in [3.63, 3.8) is 0 Å². The molecule has 0 heterocycles. The average Bonchev–Trinajstić information content (AvgIpc) is 2.29. The molecule has 20 heavy (non-hydrogen) atoms. The Hall–Kier alpha value is -1.20. The second kappa shape index (κ2) is 6.99. The minimum atomic E-state index is -4.12. The summed E-state index contributed by atoms with van der Waals surface area (Å²) in [4.78, 5) is 22.7. The molecule has 0 aliphatic heterocycles. The Labute approximate surface area is 129 Å². The molecular formula is C11H12INO6S. The van der Waals surface area contributed by atoms with E-state index in [9.17, 15) is 18.0 Å². The van der Waals surface area contributed by atoms with E-state index in [1.807, 2.05) is 22.6 Å². The van der Waals surface area contributed by atoms with Crippen LogP contribution in [0.4, 0.5) is 0 Å². The summed E-state index contributed by atoms with van der Waals surface area (Å²) < 4.78 is 35.2. The van der Waals surface area contributed by atoms with Crippen LogP contribution in [0.3, 0.4) is 0 Å². The van der Waals surface area contributed by atoms with E-state index in [4.69, 9.17) is 9.29 Å². The zero-order valence-electron chi connectivity index (χ0n) is 10.4. The second-order valence-corrected chi connectivity index (χ2v) is 6.52. The van der Waals surface area contributed by atoms with Crippen LogP contribution < -0.4 is 10.1 Å². The van der Waals surface area contributed by atoms with Crippen molar-refractivity contribution in [2.45, 2.75) is 6.92 Å². The normalized spacial score (nSPS) is 10.9. The van der Waals surface area contributed by atoms with Gasteiger partial charge in [0.15, 0.2) is 0 Å². The lowest BCUT2D eigenvalue weighted by Gasteiger charge is -2.08. The van der Waals surface area contributed by atoms with Crippen molar-refractivity contribution in [2.75, 3.05) is 12.3 Å². The molecule has 1 aromatic rings. The van der Waals surface area contributed by atoms with Gasteiger partial charge in [-0.2, -0.15) is 8.42 Å². The first-order valence-corrected chi connectivity index (χ1v) is 8.09. The van der Waals surface area contributed by atoms with Gasteiger partial charge in [-0.1, -0.05) is 0 Å². The molecule has 0 saturated heterocycles. The molecule has 0 radical (unpaired) electrons. The highest BCUT2D eigenvalue weighted by Crippen LogP contribution is 2.22. The summed E-state index contributed by atoms with van der Waals surface area (Å²) in [7, 11) is -4.12. The summed E-state index contributed by atoms with van der Waals surface area (Å²) in [6, 6.07) is 4.49. The average molecular weight is 413 g/mol. The van der Waals surface area contributed by atoms with Gasteiger partial charge < -0.3 is 10.1 Å². The molecule has 1 rings (SSSR count). The molecule has 9 heteroatoms. The largest absolute Gasteiger partial charge is 0.426 e. The smallest absolute Gasteiger partial charge is 0.308 e. The van der Waals surface area contributed by atoms with Crippen molar-refractivity contribution >= 4 is 44.6 Å². The zero-order valence-corrected chi connectivity index (χ0v) is 13.4. The predicted molar refractivity (Wildman–Crippen MR) is 79.2 cm³/mol. The van der Waals surface area contributed by atoms with Gasteiger partial charge in [-0.15, -0.1) is 0 Å². The molecule has 0 bridgehead atoms. The Morgan fingerprint density at radius 1 is 1.40 bits per heavy atom. The van der Waals surface area contributed by atoms with E-state index in [1.54, 1.807) is 6.07 Å². The number of hydrogen-bond acceptors (Lipinski definition) is 5. The van der Waals surface area contributed by atoms with Crippen molar-refractivity contribution in [3.8, 4) is 5.75 Å². The Bertz CT molecular complexity index is 628. The third-order valence-electron chi connectivity index (χ3n) is 2.09. The van der Waals surface area contributed by atoms with Gasteiger partial charge in [0.1, 0.15) is 5.75 Å². The molecular weight excluding hydrogens is 401 g/mol. The first kappa shape index (κ1) is 16.9. The van der Waals surface area contributed by atoms with Gasteiger partial charge in [0.25, 0.3) is 16.0 Å². The maximum absolute atomic E-state index is 11.7. The van der Waals surface area contributed by atoms with Crippen LogP contribution in [0.5, 0.6) is 5.75 Å². The number of esters is 1. The Kier molecular flexibility index (Phi) is 5.89. The van der Waals surface area contributed by atoms with Gasteiger partial charge in [-0.3, -0.25) is 14.1 Å². The summed E-state index contributed by atoms with van der Waals surface area (Å²) in [6.07, 6.45) is 0. The maximum Gasteiger partial charge on any atom is 0.308 e. The lowest BCUT2D eigenvalue weighted by molar-refractivity contribution is -0.131. The van der Waals surface area contributed by atoms with Gasteiger partial charge in [0, 0.05) is 19.0 Å². The van der Waals surface area contributed by atoms with Gasteiger partial charge in [-0.05, 0) is 40.8 Å². The molecule has 0 spiro atoms. The monoisotopic (exact) mass is 413 g/mol. The topological polar surface area (TPSA) is 110 Å². The SMILES string of the molecule is CC(=O)Oc1cc(C(=O)NCCS(=O)(=O)O)ccc1I. The van der Waals surface area contributed by atoms with E-state index in [0.29, 0.717) is 3.57 Å². The fraction of sp³-hybridized carbons (Fsp3) is 0.273. The third kappa shape index (κ3) is 5.84. The molecule has 0 atom stereocenters. The number of rotatable bonds is 5. The zero-order chi connectivity index (χ0) is 15.3. The summed E-state index contributed by atoms with van der Waals surface area (Å²) >= 11 is 1.95. The number of hydrogen-bond donors (Lipinski definition) is 2. The van der Waals surface area contributed by atoms with Crippen LogP contribution in [-0.4, -0.2) is 37.1 Å². The van der Waals surface area contributed by atoms with Crippen LogP contribution in [-0.2, 0) is 14.9 Å². The van der Waals surface area contributed by atoms with Crippen LogP contribution in [0.2, 0.25) is 0 Å². The summed E-state index contributed by atoms with van der Waals surface area (Å²) in [6.45, 7) is 1.03. The maximum atomic E-state index is 11.7. The van der Waals surface area contributed by atoms with E-state index >= 15 is 0 Å². The van der Waals surface area contributed by atoms with Crippen LogP contribution in [0.25, 0.3) is 0 Å². The van der Waals surface area contributed by atoms with Gasteiger partial charge >= 0.3 is 5.97 Å². The predicted octanol–water partition coefficient (Wildman–Crippen LogP) is 0.834. The van der Waals surface area contributed by atoms with E-state index in [2.05, 4.69) is 5.32 Å². The Morgan fingerprint density at radius 3 is 2.60 bits per heavy atom. The number of carbonyl (C=O) groups excluding carboxylic acids is 2. The van der Waals surface area contributed by atoms with E-state index in [0.717, 1.165) is 0 Å². The lowest BCUT2D eigenvalue weighted by atomic mass is 10.2. The Balaban J connectivity index is 2.76. The fourth-order valence-corrected chi connectivity index (χ4v) is 2.08. The standard InChI is InChI=1S/C11H12INO6S/c1-7(14)19-10-6-8(2-3-9(10)12)11(15)13-4-5-20(16,17)18/h2-3,6H,4-5H2,1H3,(H,13,15)(H,16,17,18). The second-order valence-electron chi connectivity index (χ2n) is 3.78. The number of ether oxygens (including phenoxy) is 1. The lowest BCUT2D eigenvalue weighted by Crippen LogP contribution is -2.28. The summed E-state index contributed by atoms with van der Waals surface area (Å²) in [5, 5.41) is 2.33. The molecule has 0 saturated carbocycles. The number of benzene rings is 1. The van der Waals surface area contributed by atoms with Crippen LogP contribution in [0.1, 0.15) is 17.3 Å². The van der Waals surface area contributed by atoms with Crippen LogP contribution in [0, 0.1) is 3.57 Å². The molecule has 0 fully saturated rings. The highest BCUT2D eigenvalue weighted by atomic mass is 127. The molecule has 0 unspecified atom stereocenters. The summed E-state index contributed by atoms with van der Waals surface area (Å²) in [5.41, 5.74) is 0.219. The van der Waals surface area contributed by atoms with E-state index < -0.39 is 27.7 Å². The first-order valence-electron chi connectivity index (χ1n) is 5.40. The molecule has 7 nitrogen and oxygen atoms in total. The number of carbonyl (C=O) groups is 2. The van der Waals surface area contributed by atoms with Gasteiger partial charge in [0.2, 0.25) is 0 Å². The van der Waals surface area contributed by atoms with Crippen LogP contribution >= 0.6 is 22.6 Å². The molecule has 0 aliphatic carbocycles. The minimum Gasteiger partial charge on any atom is -0.426 e. The molecule has 2 N–H and O–H groups in total. The first-order chi connectivity index (χ1) is 9.19. The molecule has 1 amide bonds. The fourth-order valence-electron chi connectivity index (χ4n) is 1.27. The van der Waals surface area contributed by atoms with Crippen molar-refractivity contribution in [1.29, 1.82) is 0 Å². The molecule has 110 valence electrons. The highest BCUT2D eigenvalue weighted by Gasteiger charge is 2.12. The quantitative estimate of drug-likeness (QED) is 0.321. The molecule has 1 aromatic carbocycles. The molecule has 0 aromatic heterocycles. The molecule has 0 aliphatic rings.